The first kappa shape index (κ1) is 21.5. The van der Waals surface area contributed by atoms with Gasteiger partial charge in [-0.25, -0.2) is 4.98 Å². The van der Waals surface area contributed by atoms with E-state index < -0.39 is 6.04 Å². The third-order valence-corrected chi connectivity index (χ3v) is 5.72. The number of ether oxygens (including phenoxy) is 1. The Hall–Kier alpha value is -3.72. The topological polar surface area (TPSA) is 93.9 Å². The van der Waals surface area contributed by atoms with Crippen molar-refractivity contribution in [3.8, 4) is 5.75 Å². The van der Waals surface area contributed by atoms with Crippen molar-refractivity contribution < 1.29 is 9.53 Å². The van der Waals surface area contributed by atoms with Gasteiger partial charge in [-0.1, -0.05) is 18.2 Å². The van der Waals surface area contributed by atoms with E-state index >= 15 is 0 Å². The van der Waals surface area contributed by atoms with Crippen LogP contribution in [-0.4, -0.2) is 32.1 Å². The van der Waals surface area contributed by atoms with Gasteiger partial charge in [0.25, 0.3) is 11.5 Å². The molecule has 0 radical (unpaired) electrons. The molecule has 32 heavy (non-hydrogen) atoms. The number of aryl methyl sites for hydroxylation is 1. The molecule has 2 aromatic heterocycles. The molecule has 2 heterocycles. The Labute approximate surface area is 189 Å². The number of para-hydroxylation sites is 1. The maximum Gasteiger partial charge on any atom is 0.262 e. The zero-order valence-corrected chi connectivity index (χ0v) is 18.8. The predicted molar refractivity (Wildman–Crippen MR) is 125 cm³/mol. The molecule has 1 atom stereocenters. The van der Waals surface area contributed by atoms with Crippen LogP contribution in [0.1, 0.15) is 34.7 Å². The molecule has 0 aliphatic heterocycles. The lowest BCUT2D eigenvalue weighted by atomic mass is 10.0. The highest BCUT2D eigenvalue weighted by atomic mass is 32.1. The molecule has 4 aromatic rings. The number of benzene rings is 2. The van der Waals surface area contributed by atoms with Crippen molar-refractivity contribution in [1.82, 2.24) is 24.4 Å². The minimum absolute atomic E-state index is 0.182. The fourth-order valence-electron chi connectivity index (χ4n) is 3.74. The Morgan fingerprint density at radius 3 is 2.75 bits per heavy atom. The summed E-state index contributed by atoms with van der Waals surface area (Å²) in [6.07, 6.45) is 3.50. The van der Waals surface area contributed by atoms with Crippen molar-refractivity contribution in [3.63, 3.8) is 0 Å². The molecule has 9 heteroatoms. The number of carbonyl (C=O) groups is 1. The van der Waals surface area contributed by atoms with E-state index in [0.717, 1.165) is 5.56 Å². The number of rotatable bonds is 6. The lowest BCUT2D eigenvalue weighted by Crippen LogP contribution is -2.31. The highest BCUT2D eigenvalue weighted by Gasteiger charge is 2.24. The second-order valence-corrected chi connectivity index (χ2v) is 7.67. The number of hydrogen-bond donors (Lipinski definition) is 2. The van der Waals surface area contributed by atoms with E-state index in [2.05, 4.69) is 15.3 Å². The van der Waals surface area contributed by atoms with Crippen LogP contribution in [0.5, 0.6) is 5.75 Å². The summed E-state index contributed by atoms with van der Waals surface area (Å²) >= 11 is 5.29. The van der Waals surface area contributed by atoms with Gasteiger partial charge in [0, 0.05) is 37.1 Å². The largest absolute Gasteiger partial charge is 0.496 e. The van der Waals surface area contributed by atoms with Crippen LogP contribution < -0.4 is 15.6 Å². The van der Waals surface area contributed by atoms with E-state index in [-0.39, 0.29) is 11.5 Å². The van der Waals surface area contributed by atoms with Crippen LogP contribution in [-0.2, 0) is 13.6 Å². The van der Waals surface area contributed by atoms with Gasteiger partial charge in [-0.05, 0) is 43.4 Å². The van der Waals surface area contributed by atoms with Gasteiger partial charge in [0.1, 0.15) is 17.6 Å². The first-order valence-electron chi connectivity index (χ1n) is 10.1. The third-order valence-electron chi connectivity index (χ3n) is 5.40. The van der Waals surface area contributed by atoms with Crippen molar-refractivity contribution in [2.75, 3.05) is 7.11 Å². The van der Waals surface area contributed by atoms with Gasteiger partial charge in [-0.15, -0.1) is 0 Å². The Morgan fingerprint density at radius 1 is 1.28 bits per heavy atom. The standard InChI is InChI=1S/C23H23N5O3S/c1-4-28-22(30)15-10-9-14(13-17(15)25-23(28)32)21(29)26-19(20-24-11-12-27(20)2)16-7-5-6-8-18(16)31-3/h5-13,19H,4H2,1-3H3,(H,25,32)(H,26,29)/t19-/m0/s1. The van der Waals surface area contributed by atoms with Crippen LogP contribution in [0.25, 0.3) is 10.9 Å². The lowest BCUT2D eigenvalue weighted by Gasteiger charge is -2.21. The fourth-order valence-corrected chi connectivity index (χ4v) is 4.06. The summed E-state index contributed by atoms with van der Waals surface area (Å²) in [6, 6.07) is 11.9. The molecule has 0 aliphatic rings. The second kappa shape index (κ2) is 8.80. The number of nitrogens with zero attached hydrogens (tertiary/aromatic N) is 3. The molecule has 2 aromatic carbocycles. The second-order valence-electron chi connectivity index (χ2n) is 7.28. The molecule has 0 bridgehead atoms. The normalized spacial score (nSPS) is 12.0. The first-order chi connectivity index (χ1) is 15.4. The van der Waals surface area contributed by atoms with Crippen molar-refractivity contribution in [2.45, 2.75) is 19.5 Å². The molecule has 1 amide bonds. The minimum atomic E-state index is -0.541. The van der Waals surface area contributed by atoms with E-state index in [0.29, 0.717) is 39.4 Å². The summed E-state index contributed by atoms with van der Waals surface area (Å²) in [5, 5.41) is 3.53. The molecule has 8 nitrogen and oxygen atoms in total. The number of hydrogen-bond acceptors (Lipinski definition) is 5. The number of imidazole rings is 1. The zero-order chi connectivity index (χ0) is 22.8. The van der Waals surface area contributed by atoms with Crippen LogP contribution in [0.3, 0.4) is 0 Å². The van der Waals surface area contributed by atoms with Crippen LogP contribution in [0.15, 0.2) is 59.7 Å². The molecular weight excluding hydrogens is 426 g/mol. The molecule has 164 valence electrons. The van der Waals surface area contributed by atoms with Crippen molar-refractivity contribution in [3.05, 3.63) is 86.9 Å². The highest BCUT2D eigenvalue weighted by Crippen LogP contribution is 2.29. The van der Waals surface area contributed by atoms with Crippen molar-refractivity contribution >= 4 is 29.0 Å². The summed E-state index contributed by atoms with van der Waals surface area (Å²) in [6.45, 7) is 2.32. The molecule has 0 saturated carbocycles. The van der Waals surface area contributed by atoms with E-state index in [9.17, 15) is 9.59 Å². The maximum absolute atomic E-state index is 13.3. The number of aromatic nitrogens is 4. The average Bonchev–Trinajstić information content (AvgIpc) is 3.22. The van der Waals surface area contributed by atoms with Gasteiger partial charge < -0.3 is 19.6 Å². The average molecular weight is 450 g/mol. The number of carbonyl (C=O) groups excluding carboxylic acids is 1. The van der Waals surface area contributed by atoms with Crippen LogP contribution in [0, 0.1) is 4.77 Å². The predicted octanol–water partition coefficient (Wildman–Crippen LogP) is 3.34. The maximum atomic E-state index is 13.3. The van der Waals surface area contributed by atoms with Gasteiger partial charge >= 0.3 is 0 Å². The lowest BCUT2D eigenvalue weighted by molar-refractivity contribution is 0.0941. The Bertz CT molecular complexity index is 1420. The van der Waals surface area contributed by atoms with Gasteiger partial charge in [0.2, 0.25) is 0 Å². The summed E-state index contributed by atoms with van der Waals surface area (Å²) in [7, 11) is 3.45. The van der Waals surface area contributed by atoms with E-state index in [4.69, 9.17) is 17.0 Å². The summed E-state index contributed by atoms with van der Waals surface area (Å²) < 4.78 is 9.17. The Balaban J connectivity index is 1.76. The zero-order valence-electron chi connectivity index (χ0n) is 18.0. The number of H-pyrrole nitrogens is 1. The number of amides is 1. The summed E-state index contributed by atoms with van der Waals surface area (Å²) in [5.74, 6) is 0.988. The molecule has 0 aliphatic carbocycles. The minimum Gasteiger partial charge on any atom is -0.496 e. The van der Waals surface area contributed by atoms with Crippen LogP contribution >= 0.6 is 12.2 Å². The number of aromatic amines is 1. The molecule has 4 rings (SSSR count). The van der Waals surface area contributed by atoms with Crippen molar-refractivity contribution in [1.29, 1.82) is 0 Å². The molecule has 0 spiro atoms. The van der Waals surface area contributed by atoms with E-state index in [1.165, 1.54) is 4.57 Å². The van der Waals surface area contributed by atoms with Crippen LogP contribution in [0.4, 0.5) is 0 Å². The number of fused-ring (bicyclic) bond motifs is 1. The Morgan fingerprint density at radius 2 is 2.06 bits per heavy atom. The molecule has 0 saturated heterocycles. The van der Waals surface area contributed by atoms with Gasteiger partial charge in [0.15, 0.2) is 4.77 Å². The molecule has 0 fully saturated rings. The fraction of sp³-hybridized carbons (Fsp3) is 0.217. The highest BCUT2D eigenvalue weighted by molar-refractivity contribution is 7.71. The monoisotopic (exact) mass is 449 g/mol. The van der Waals surface area contributed by atoms with Gasteiger partial charge in [-0.2, -0.15) is 0 Å². The summed E-state index contributed by atoms with van der Waals surface area (Å²) in [5.41, 5.74) is 1.51. The van der Waals surface area contributed by atoms with Gasteiger partial charge in [-0.3, -0.25) is 14.2 Å². The molecule has 2 N–H and O–H groups in total. The third kappa shape index (κ3) is 3.82. The SMILES string of the molecule is CCn1c(=S)[nH]c2cc(C(=O)N[C@@H](c3ccccc3OC)c3nccn3C)ccc2c1=O. The summed E-state index contributed by atoms with van der Waals surface area (Å²) in [4.78, 5) is 33.4. The van der Waals surface area contributed by atoms with Gasteiger partial charge in [0.05, 0.1) is 18.0 Å². The smallest absolute Gasteiger partial charge is 0.262 e. The number of methoxy groups -OCH3 is 1. The van der Waals surface area contributed by atoms with Crippen LogP contribution in [0.2, 0.25) is 0 Å². The molecule has 0 unspecified atom stereocenters. The van der Waals surface area contributed by atoms with E-state index in [1.807, 2.05) is 49.0 Å². The first-order valence-corrected chi connectivity index (χ1v) is 10.5. The van der Waals surface area contributed by atoms with E-state index in [1.54, 1.807) is 31.5 Å². The Kier molecular flexibility index (Phi) is 5.91. The quantitative estimate of drug-likeness (QED) is 0.441. The van der Waals surface area contributed by atoms with Crippen molar-refractivity contribution in [2.24, 2.45) is 7.05 Å². The molecular formula is C23H23N5O3S. The number of nitrogens with one attached hydrogen (secondary N) is 2.